The van der Waals surface area contributed by atoms with Crippen molar-refractivity contribution in [3.05, 3.63) is 95.6 Å². The van der Waals surface area contributed by atoms with Gasteiger partial charge in [-0.2, -0.15) is 0 Å². The zero-order chi connectivity index (χ0) is 22.5. The van der Waals surface area contributed by atoms with Gasteiger partial charge in [-0.1, -0.05) is 67.1 Å². The molecule has 4 aromatic rings. The zero-order valence-electron chi connectivity index (χ0n) is 18.1. The fraction of sp³-hybridized carbons (Fsp3) is 0.148. The zero-order valence-corrected chi connectivity index (χ0v) is 18.1. The van der Waals surface area contributed by atoms with E-state index in [1.165, 1.54) is 5.56 Å². The Morgan fingerprint density at radius 2 is 1.66 bits per heavy atom. The summed E-state index contributed by atoms with van der Waals surface area (Å²) < 4.78 is 5.35. The number of ether oxygens (including phenoxy) is 1. The molecule has 0 aliphatic rings. The van der Waals surface area contributed by atoms with E-state index in [-0.39, 0.29) is 12.5 Å². The summed E-state index contributed by atoms with van der Waals surface area (Å²) in [5.41, 5.74) is 5.65. The van der Waals surface area contributed by atoms with E-state index in [9.17, 15) is 9.59 Å². The summed E-state index contributed by atoms with van der Waals surface area (Å²) in [6.07, 6.45) is 0.927. The van der Waals surface area contributed by atoms with Gasteiger partial charge < -0.3 is 10.1 Å². The van der Waals surface area contributed by atoms with E-state index in [0.29, 0.717) is 27.8 Å². The summed E-state index contributed by atoms with van der Waals surface area (Å²) in [7, 11) is 0. The number of aromatic nitrogens is 1. The van der Waals surface area contributed by atoms with Crippen LogP contribution in [0.2, 0.25) is 0 Å². The van der Waals surface area contributed by atoms with Crippen LogP contribution in [-0.2, 0) is 16.0 Å². The molecule has 3 aromatic carbocycles. The molecule has 5 heteroatoms. The van der Waals surface area contributed by atoms with Gasteiger partial charge in [0, 0.05) is 16.6 Å². The summed E-state index contributed by atoms with van der Waals surface area (Å²) in [5, 5.41) is 3.44. The SMILES string of the molecule is CCc1ccc(NC(=O)COC(=O)c2cc(-c3ccc(C)cc3)nc3ccccc23)cc1. The molecule has 4 rings (SSSR count). The minimum Gasteiger partial charge on any atom is -0.452 e. The number of carbonyl (C=O) groups excluding carboxylic acids is 2. The number of anilines is 1. The topological polar surface area (TPSA) is 68.3 Å². The highest BCUT2D eigenvalue weighted by molar-refractivity contribution is 6.05. The van der Waals surface area contributed by atoms with Crippen LogP contribution < -0.4 is 5.32 Å². The van der Waals surface area contributed by atoms with Crippen molar-refractivity contribution >= 4 is 28.5 Å². The molecular formula is C27H24N2O3. The van der Waals surface area contributed by atoms with Crippen LogP contribution in [0.15, 0.2) is 78.9 Å². The first kappa shape index (κ1) is 21.2. The minimum atomic E-state index is -0.562. The molecule has 32 heavy (non-hydrogen) atoms. The first-order valence-corrected chi connectivity index (χ1v) is 10.6. The average molecular weight is 425 g/mol. The van der Waals surface area contributed by atoms with Gasteiger partial charge in [-0.25, -0.2) is 9.78 Å². The highest BCUT2D eigenvalue weighted by Crippen LogP contribution is 2.25. The molecule has 0 bridgehead atoms. The number of nitrogens with zero attached hydrogens (tertiary/aromatic N) is 1. The first-order valence-electron chi connectivity index (χ1n) is 10.6. The molecule has 0 radical (unpaired) electrons. The highest BCUT2D eigenvalue weighted by atomic mass is 16.5. The lowest BCUT2D eigenvalue weighted by molar-refractivity contribution is -0.119. The van der Waals surface area contributed by atoms with E-state index >= 15 is 0 Å². The summed E-state index contributed by atoms with van der Waals surface area (Å²) in [4.78, 5) is 29.9. The molecule has 0 aliphatic carbocycles. The Hall–Kier alpha value is -3.99. The Bertz CT molecular complexity index is 1260. The molecule has 5 nitrogen and oxygen atoms in total. The lowest BCUT2D eigenvalue weighted by Crippen LogP contribution is -2.21. The fourth-order valence-electron chi connectivity index (χ4n) is 3.45. The number of fused-ring (bicyclic) bond motifs is 1. The van der Waals surface area contributed by atoms with Crippen LogP contribution in [0.5, 0.6) is 0 Å². The maximum Gasteiger partial charge on any atom is 0.339 e. The van der Waals surface area contributed by atoms with Gasteiger partial charge in [0.15, 0.2) is 6.61 Å². The van der Waals surface area contributed by atoms with Gasteiger partial charge in [-0.3, -0.25) is 4.79 Å². The van der Waals surface area contributed by atoms with E-state index in [4.69, 9.17) is 9.72 Å². The minimum absolute atomic E-state index is 0.370. The number of para-hydroxylation sites is 1. The van der Waals surface area contributed by atoms with E-state index in [1.54, 1.807) is 6.07 Å². The monoisotopic (exact) mass is 424 g/mol. The van der Waals surface area contributed by atoms with Crippen molar-refractivity contribution in [1.29, 1.82) is 0 Å². The highest BCUT2D eigenvalue weighted by Gasteiger charge is 2.16. The van der Waals surface area contributed by atoms with Gasteiger partial charge in [-0.05, 0) is 43.2 Å². The second-order valence-electron chi connectivity index (χ2n) is 7.61. The third-order valence-corrected chi connectivity index (χ3v) is 5.26. The number of amides is 1. The fourth-order valence-corrected chi connectivity index (χ4v) is 3.45. The molecule has 0 saturated carbocycles. The molecule has 0 saturated heterocycles. The Kier molecular flexibility index (Phi) is 6.26. The number of hydrogen-bond acceptors (Lipinski definition) is 4. The standard InChI is InChI=1S/C27H24N2O3/c1-3-19-10-14-21(15-11-19)28-26(30)17-32-27(31)23-16-25(20-12-8-18(2)9-13-20)29-24-7-5-4-6-22(23)24/h4-16H,3,17H2,1-2H3,(H,28,30). The summed E-state index contributed by atoms with van der Waals surface area (Å²) in [6, 6.07) is 24.7. The number of nitrogens with one attached hydrogen (secondary N) is 1. The molecule has 1 aromatic heterocycles. The van der Waals surface area contributed by atoms with Gasteiger partial charge in [0.05, 0.1) is 16.8 Å². The van der Waals surface area contributed by atoms with Crippen LogP contribution in [0, 0.1) is 6.92 Å². The maximum atomic E-state index is 12.9. The third-order valence-electron chi connectivity index (χ3n) is 5.26. The lowest BCUT2D eigenvalue weighted by atomic mass is 10.0. The molecule has 0 atom stereocenters. The van der Waals surface area contributed by atoms with Crippen molar-refractivity contribution in [1.82, 2.24) is 4.98 Å². The third kappa shape index (κ3) is 4.83. The molecule has 0 aliphatic heterocycles. The Morgan fingerprint density at radius 3 is 2.38 bits per heavy atom. The number of benzene rings is 3. The van der Waals surface area contributed by atoms with Crippen molar-refractivity contribution < 1.29 is 14.3 Å². The predicted octanol–water partition coefficient (Wildman–Crippen LogP) is 5.57. The number of aryl methyl sites for hydroxylation is 2. The van der Waals surface area contributed by atoms with Crippen molar-refractivity contribution in [3.8, 4) is 11.3 Å². The summed E-state index contributed by atoms with van der Waals surface area (Å²) >= 11 is 0. The quantitative estimate of drug-likeness (QED) is 0.411. The number of pyridine rings is 1. The van der Waals surface area contributed by atoms with Crippen molar-refractivity contribution in [2.45, 2.75) is 20.3 Å². The van der Waals surface area contributed by atoms with Gasteiger partial charge in [-0.15, -0.1) is 0 Å². The van der Waals surface area contributed by atoms with Crippen molar-refractivity contribution in [2.75, 3.05) is 11.9 Å². The molecule has 160 valence electrons. The number of rotatable bonds is 6. The van der Waals surface area contributed by atoms with Crippen molar-refractivity contribution in [2.24, 2.45) is 0 Å². The smallest absolute Gasteiger partial charge is 0.339 e. The summed E-state index contributed by atoms with van der Waals surface area (Å²) in [5.74, 6) is -0.951. The molecule has 1 amide bonds. The Morgan fingerprint density at radius 1 is 0.938 bits per heavy atom. The average Bonchev–Trinajstić information content (AvgIpc) is 2.83. The molecule has 0 spiro atoms. The van der Waals surface area contributed by atoms with E-state index < -0.39 is 5.97 Å². The van der Waals surface area contributed by atoms with E-state index in [0.717, 1.165) is 17.5 Å². The van der Waals surface area contributed by atoms with Crippen LogP contribution in [0.25, 0.3) is 22.2 Å². The van der Waals surface area contributed by atoms with E-state index in [2.05, 4.69) is 12.2 Å². The number of esters is 1. The van der Waals surface area contributed by atoms with E-state index in [1.807, 2.05) is 79.7 Å². The Balaban J connectivity index is 1.53. The lowest BCUT2D eigenvalue weighted by Gasteiger charge is -2.11. The van der Waals surface area contributed by atoms with Crippen LogP contribution >= 0.6 is 0 Å². The van der Waals surface area contributed by atoms with Crippen LogP contribution in [0.1, 0.15) is 28.4 Å². The largest absolute Gasteiger partial charge is 0.452 e. The van der Waals surface area contributed by atoms with Gasteiger partial charge in [0.25, 0.3) is 5.91 Å². The Labute approximate surface area is 187 Å². The van der Waals surface area contributed by atoms with Crippen molar-refractivity contribution in [3.63, 3.8) is 0 Å². The van der Waals surface area contributed by atoms with Gasteiger partial charge >= 0.3 is 5.97 Å². The normalized spacial score (nSPS) is 10.7. The predicted molar refractivity (Wildman–Crippen MR) is 127 cm³/mol. The summed E-state index contributed by atoms with van der Waals surface area (Å²) in [6.45, 7) is 3.72. The van der Waals surface area contributed by atoms with Gasteiger partial charge in [0.1, 0.15) is 0 Å². The second-order valence-corrected chi connectivity index (χ2v) is 7.61. The van der Waals surface area contributed by atoms with Crippen LogP contribution in [0.3, 0.4) is 0 Å². The molecule has 1 N–H and O–H groups in total. The first-order chi connectivity index (χ1) is 15.5. The van der Waals surface area contributed by atoms with Crippen LogP contribution in [0.4, 0.5) is 5.69 Å². The molecule has 0 fully saturated rings. The molecule has 1 heterocycles. The number of carbonyl (C=O) groups is 2. The second kappa shape index (κ2) is 9.43. The molecular weight excluding hydrogens is 400 g/mol. The maximum absolute atomic E-state index is 12.9. The number of hydrogen-bond donors (Lipinski definition) is 1. The van der Waals surface area contributed by atoms with Gasteiger partial charge in [0.2, 0.25) is 0 Å². The van der Waals surface area contributed by atoms with Crippen LogP contribution in [-0.4, -0.2) is 23.5 Å². The molecule has 0 unspecified atom stereocenters.